The molecule has 2 aliphatic rings. The molecule has 4 rings (SSSR count). The van der Waals surface area contributed by atoms with Gasteiger partial charge in [-0.25, -0.2) is 0 Å². The molecule has 3 atom stereocenters. The molecule has 0 bridgehead atoms. The number of carbonyl (C=O) groups excluding carboxylic acids is 3. The van der Waals surface area contributed by atoms with Crippen LogP contribution >= 0.6 is 0 Å². The Morgan fingerprint density at radius 2 is 1.64 bits per heavy atom. The van der Waals surface area contributed by atoms with Crippen molar-refractivity contribution in [3.05, 3.63) is 65.0 Å². The number of nitrogens with zero attached hydrogens (tertiary/aromatic N) is 2. The van der Waals surface area contributed by atoms with Gasteiger partial charge in [-0.15, -0.1) is 0 Å². The maximum Gasteiger partial charge on any atom is 0.417 e. The predicted octanol–water partition coefficient (Wildman–Crippen LogP) is 4.25. The number of aromatic nitrogens is 1. The summed E-state index contributed by atoms with van der Waals surface area (Å²) < 4.78 is 38.8. The largest absolute Gasteiger partial charge is 0.417 e. The number of pyridine rings is 1. The van der Waals surface area contributed by atoms with Gasteiger partial charge < -0.3 is 15.5 Å². The van der Waals surface area contributed by atoms with Gasteiger partial charge in [0, 0.05) is 30.0 Å². The Morgan fingerprint density at radius 1 is 1.03 bits per heavy atom. The van der Waals surface area contributed by atoms with Gasteiger partial charge >= 0.3 is 6.18 Å². The summed E-state index contributed by atoms with van der Waals surface area (Å²) in [4.78, 5) is 43.8. The third-order valence-corrected chi connectivity index (χ3v) is 7.06. The molecule has 0 spiro atoms. The molecule has 2 heterocycles. The summed E-state index contributed by atoms with van der Waals surface area (Å²) in [5.74, 6) is -1.22. The van der Waals surface area contributed by atoms with Crippen LogP contribution in [-0.2, 0) is 11.0 Å². The van der Waals surface area contributed by atoms with Gasteiger partial charge in [0.2, 0.25) is 5.91 Å². The Kier molecular flexibility index (Phi) is 6.81. The number of rotatable bonds is 6. The summed E-state index contributed by atoms with van der Waals surface area (Å²) in [5.41, 5.74) is -1.10. The van der Waals surface area contributed by atoms with Crippen LogP contribution in [0.3, 0.4) is 0 Å². The molecule has 2 N–H and O–H groups in total. The number of benzene rings is 1. The summed E-state index contributed by atoms with van der Waals surface area (Å²) >= 11 is 0. The van der Waals surface area contributed by atoms with Gasteiger partial charge in [-0.2, -0.15) is 13.2 Å². The highest BCUT2D eigenvalue weighted by molar-refractivity contribution is 6.00. The monoisotopic (exact) mass is 502 g/mol. The van der Waals surface area contributed by atoms with Crippen molar-refractivity contribution in [1.82, 2.24) is 20.5 Å². The van der Waals surface area contributed by atoms with Crippen LogP contribution in [-0.4, -0.2) is 45.2 Å². The van der Waals surface area contributed by atoms with E-state index in [1.165, 1.54) is 0 Å². The lowest BCUT2D eigenvalue weighted by Gasteiger charge is -2.26. The molecule has 2 unspecified atom stereocenters. The Bertz CT molecular complexity index is 1150. The van der Waals surface area contributed by atoms with E-state index < -0.39 is 35.1 Å². The van der Waals surface area contributed by atoms with Gasteiger partial charge in [0.25, 0.3) is 11.8 Å². The molecule has 1 saturated carbocycles. The maximum absolute atomic E-state index is 12.9. The lowest BCUT2D eigenvalue weighted by molar-refractivity contribution is -0.137. The fourth-order valence-corrected chi connectivity index (χ4v) is 4.62. The summed E-state index contributed by atoms with van der Waals surface area (Å²) in [6, 6.07) is 7.76. The quantitative estimate of drug-likeness (QED) is 0.618. The first-order valence-corrected chi connectivity index (χ1v) is 12.0. The first kappa shape index (κ1) is 25.7. The Morgan fingerprint density at radius 3 is 2.19 bits per heavy atom. The van der Waals surface area contributed by atoms with Gasteiger partial charge in [-0.3, -0.25) is 19.4 Å². The Hall–Kier alpha value is -3.43. The number of amides is 3. The average Bonchev–Trinajstić information content (AvgIpc) is 3.55. The zero-order valence-corrected chi connectivity index (χ0v) is 20.4. The SMILES string of the molecule is CC1CCC(C)N1C(=O)c1ccc([C@@H](C)NC(=O)C2(NC(=O)c3cncc(C(F)(F)F)c3)CC2)cc1. The van der Waals surface area contributed by atoms with Crippen molar-refractivity contribution in [2.75, 3.05) is 0 Å². The molecule has 0 radical (unpaired) electrons. The number of hydrogen-bond acceptors (Lipinski definition) is 4. The highest BCUT2D eigenvalue weighted by Gasteiger charge is 2.51. The number of hydrogen-bond donors (Lipinski definition) is 2. The van der Waals surface area contributed by atoms with E-state index in [0.717, 1.165) is 24.6 Å². The lowest BCUT2D eigenvalue weighted by atomic mass is 10.0. The molecule has 1 aromatic carbocycles. The van der Waals surface area contributed by atoms with Crippen molar-refractivity contribution in [3.63, 3.8) is 0 Å². The van der Waals surface area contributed by atoms with Crippen LogP contribution in [0.1, 0.15) is 84.3 Å². The van der Waals surface area contributed by atoms with Crippen LogP contribution in [0.15, 0.2) is 42.7 Å². The van der Waals surface area contributed by atoms with Crippen molar-refractivity contribution in [2.24, 2.45) is 0 Å². The van der Waals surface area contributed by atoms with Crippen molar-refractivity contribution >= 4 is 17.7 Å². The summed E-state index contributed by atoms with van der Waals surface area (Å²) in [6.07, 6.45) is -0.227. The van der Waals surface area contributed by atoms with Crippen LogP contribution < -0.4 is 10.6 Å². The molecule has 1 aliphatic heterocycles. The zero-order valence-electron chi connectivity index (χ0n) is 20.4. The molecule has 1 aliphatic carbocycles. The number of likely N-dealkylation sites (tertiary alicyclic amines) is 1. The van der Waals surface area contributed by atoms with Crippen molar-refractivity contribution in [1.29, 1.82) is 0 Å². The molecule has 192 valence electrons. The first-order chi connectivity index (χ1) is 16.9. The van der Waals surface area contributed by atoms with Crippen LogP contribution in [0.25, 0.3) is 0 Å². The number of halogens is 3. The van der Waals surface area contributed by atoms with E-state index in [9.17, 15) is 27.6 Å². The maximum atomic E-state index is 12.9. The van der Waals surface area contributed by atoms with E-state index in [1.54, 1.807) is 31.2 Å². The van der Waals surface area contributed by atoms with E-state index >= 15 is 0 Å². The molecule has 3 amide bonds. The third kappa shape index (κ3) is 5.22. The Labute approximate surface area is 207 Å². The lowest BCUT2D eigenvalue weighted by Crippen LogP contribution is -2.49. The Balaban J connectivity index is 1.38. The molecule has 1 saturated heterocycles. The van der Waals surface area contributed by atoms with Crippen LogP contribution in [0.2, 0.25) is 0 Å². The van der Waals surface area contributed by atoms with Crippen molar-refractivity contribution in [3.8, 4) is 0 Å². The standard InChI is InChI=1S/C26H29F3N4O3/c1-15-4-5-16(2)33(15)23(35)19-8-6-18(7-9-19)17(3)31-24(36)25(10-11-25)32-22(34)20-12-21(14-30-13-20)26(27,28)29/h6-9,12-17H,4-5,10-11H2,1-3H3,(H,31,36)(H,32,34)/t15?,16?,17-/m1/s1. The topological polar surface area (TPSA) is 91.4 Å². The van der Waals surface area contributed by atoms with Crippen molar-refractivity contribution in [2.45, 2.75) is 76.3 Å². The summed E-state index contributed by atoms with van der Waals surface area (Å²) in [6.45, 7) is 5.88. The molecule has 7 nitrogen and oxygen atoms in total. The molecule has 36 heavy (non-hydrogen) atoms. The first-order valence-electron chi connectivity index (χ1n) is 12.0. The number of nitrogens with one attached hydrogen (secondary N) is 2. The normalized spacial score (nSPS) is 21.6. The van der Waals surface area contributed by atoms with Gasteiger partial charge in [0.1, 0.15) is 5.54 Å². The second-order valence-electron chi connectivity index (χ2n) is 9.80. The predicted molar refractivity (Wildman–Crippen MR) is 126 cm³/mol. The van der Waals surface area contributed by atoms with E-state index in [2.05, 4.69) is 15.6 Å². The fourth-order valence-electron chi connectivity index (χ4n) is 4.62. The van der Waals surface area contributed by atoms with Gasteiger partial charge in [-0.05, 0) is 70.2 Å². The highest BCUT2D eigenvalue weighted by atomic mass is 19.4. The molecule has 1 aromatic heterocycles. The van der Waals surface area contributed by atoms with E-state index in [-0.39, 0.29) is 23.6 Å². The van der Waals surface area contributed by atoms with Crippen LogP contribution in [0.5, 0.6) is 0 Å². The summed E-state index contributed by atoms with van der Waals surface area (Å²) in [5, 5.41) is 5.44. The van der Waals surface area contributed by atoms with E-state index in [4.69, 9.17) is 0 Å². The molecule has 2 aromatic rings. The molecular formula is C26H29F3N4O3. The average molecular weight is 503 g/mol. The highest BCUT2D eigenvalue weighted by Crippen LogP contribution is 2.37. The minimum absolute atomic E-state index is 0.0144. The van der Waals surface area contributed by atoms with Gasteiger partial charge in [0.05, 0.1) is 17.2 Å². The minimum atomic E-state index is -4.63. The molecule has 10 heteroatoms. The van der Waals surface area contributed by atoms with Gasteiger partial charge in [0.15, 0.2) is 0 Å². The van der Waals surface area contributed by atoms with Crippen LogP contribution in [0.4, 0.5) is 13.2 Å². The van der Waals surface area contributed by atoms with Crippen molar-refractivity contribution < 1.29 is 27.6 Å². The summed E-state index contributed by atoms with van der Waals surface area (Å²) in [7, 11) is 0. The minimum Gasteiger partial charge on any atom is -0.348 e. The smallest absolute Gasteiger partial charge is 0.348 e. The van der Waals surface area contributed by atoms with E-state index in [1.807, 2.05) is 18.7 Å². The molecule has 2 fully saturated rings. The van der Waals surface area contributed by atoms with Crippen LogP contribution in [0, 0.1) is 0 Å². The zero-order chi connectivity index (χ0) is 26.3. The second-order valence-corrected chi connectivity index (χ2v) is 9.80. The second kappa shape index (κ2) is 9.55. The van der Waals surface area contributed by atoms with E-state index in [0.29, 0.717) is 30.7 Å². The molecular weight excluding hydrogens is 473 g/mol. The van der Waals surface area contributed by atoms with Gasteiger partial charge in [-0.1, -0.05) is 12.1 Å². The number of carbonyl (C=O) groups is 3. The fraction of sp³-hybridized carbons (Fsp3) is 0.462. The number of alkyl halides is 3. The third-order valence-electron chi connectivity index (χ3n) is 7.06.